The molecule has 1 aliphatic carbocycles. The van der Waals surface area contributed by atoms with Gasteiger partial charge in [0.25, 0.3) is 0 Å². The number of esters is 1. The van der Waals surface area contributed by atoms with Crippen LogP contribution in [0.25, 0.3) is 11.1 Å². The fourth-order valence-electron chi connectivity index (χ4n) is 5.01. The molecule has 38 heavy (non-hydrogen) atoms. The Labute approximate surface area is 223 Å². The summed E-state index contributed by atoms with van der Waals surface area (Å²) in [6.07, 6.45) is 7.96. The number of unbranched alkanes of at least 4 members (excludes halogenated alkanes) is 3. The van der Waals surface area contributed by atoms with Gasteiger partial charge in [0.1, 0.15) is 17.3 Å². The molecule has 1 saturated carbocycles. The third kappa shape index (κ3) is 6.77. The molecule has 3 nitrogen and oxygen atoms in total. The van der Waals surface area contributed by atoms with E-state index in [4.69, 9.17) is 9.47 Å². The molecule has 0 saturated heterocycles. The van der Waals surface area contributed by atoms with Crippen molar-refractivity contribution >= 4 is 5.97 Å². The number of benzene rings is 3. The molecule has 0 bridgehead atoms. The molecule has 0 heterocycles. The van der Waals surface area contributed by atoms with E-state index in [1.54, 1.807) is 24.3 Å². The van der Waals surface area contributed by atoms with Crippen LogP contribution in [-0.4, -0.2) is 12.6 Å². The number of rotatable bonds is 10. The zero-order chi connectivity index (χ0) is 27.1. The summed E-state index contributed by atoms with van der Waals surface area (Å²) in [7, 11) is 0. The Bertz CT molecular complexity index is 1230. The van der Waals surface area contributed by atoms with E-state index in [0.717, 1.165) is 51.4 Å². The van der Waals surface area contributed by atoms with E-state index in [9.17, 15) is 13.6 Å². The minimum atomic E-state index is -0.874. The number of hydrogen-bond acceptors (Lipinski definition) is 3. The number of carbonyl (C=O) groups is 1. The van der Waals surface area contributed by atoms with Crippen LogP contribution in [0.15, 0.2) is 54.6 Å². The van der Waals surface area contributed by atoms with Crippen LogP contribution in [-0.2, 0) is 0 Å². The van der Waals surface area contributed by atoms with Crippen molar-refractivity contribution < 1.29 is 27.4 Å². The van der Waals surface area contributed by atoms with Crippen molar-refractivity contribution in [1.82, 2.24) is 0 Å². The minimum absolute atomic E-state index is 0.0448. The second-order valence-corrected chi connectivity index (χ2v) is 10.3. The molecule has 6 heteroatoms. The lowest BCUT2D eigenvalue weighted by molar-refractivity contribution is 0.0730. The van der Waals surface area contributed by atoms with Gasteiger partial charge >= 0.3 is 5.97 Å². The highest BCUT2D eigenvalue weighted by molar-refractivity contribution is 5.91. The van der Waals surface area contributed by atoms with E-state index in [-0.39, 0.29) is 22.8 Å². The van der Waals surface area contributed by atoms with Gasteiger partial charge in [-0.1, -0.05) is 70.2 Å². The van der Waals surface area contributed by atoms with Gasteiger partial charge < -0.3 is 9.47 Å². The average Bonchev–Trinajstić information content (AvgIpc) is 2.91. The molecule has 0 unspecified atom stereocenters. The highest BCUT2D eigenvalue weighted by Gasteiger charge is 2.25. The largest absolute Gasteiger partial charge is 0.493 e. The normalized spacial score (nSPS) is 17.3. The first-order valence-corrected chi connectivity index (χ1v) is 13.6. The Morgan fingerprint density at radius 2 is 1.55 bits per heavy atom. The molecule has 4 rings (SSSR count). The molecule has 1 fully saturated rings. The van der Waals surface area contributed by atoms with Gasteiger partial charge in [0.2, 0.25) is 0 Å². The van der Waals surface area contributed by atoms with Gasteiger partial charge in [-0.2, -0.15) is 0 Å². The highest BCUT2D eigenvalue weighted by atomic mass is 19.2. The maximum Gasteiger partial charge on any atom is 0.346 e. The second-order valence-electron chi connectivity index (χ2n) is 10.3. The molecule has 3 aromatic rings. The van der Waals surface area contributed by atoms with Crippen molar-refractivity contribution in [2.75, 3.05) is 6.61 Å². The molecule has 202 valence electrons. The van der Waals surface area contributed by atoms with Crippen LogP contribution >= 0.6 is 0 Å². The Balaban J connectivity index is 1.39. The van der Waals surface area contributed by atoms with Gasteiger partial charge in [0.15, 0.2) is 11.6 Å². The molecule has 0 amide bonds. The molecule has 3 aromatic carbocycles. The molecule has 0 aliphatic heterocycles. The number of ether oxygens (including phenoxy) is 2. The number of halogens is 3. The average molecular weight is 525 g/mol. The summed E-state index contributed by atoms with van der Waals surface area (Å²) in [4.78, 5) is 12.5. The zero-order valence-corrected chi connectivity index (χ0v) is 22.1. The lowest BCUT2D eigenvalue weighted by atomic mass is 9.79. The van der Waals surface area contributed by atoms with Crippen LogP contribution in [0.1, 0.15) is 87.1 Å². The number of carbonyl (C=O) groups excluding carboxylic acids is 1. The van der Waals surface area contributed by atoms with E-state index in [1.165, 1.54) is 30.3 Å². The van der Waals surface area contributed by atoms with Gasteiger partial charge in [-0.3, -0.25) is 0 Å². The topological polar surface area (TPSA) is 35.5 Å². The van der Waals surface area contributed by atoms with E-state index in [1.807, 2.05) is 0 Å². The second kappa shape index (κ2) is 13.0. The minimum Gasteiger partial charge on any atom is -0.493 e. The van der Waals surface area contributed by atoms with E-state index < -0.39 is 23.4 Å². The van der Waals surface area contributed by atoms with Crippen molar-refractivity contribution in [1.29, 1.82) is 0 Å². The standard InChI is InChI=1S/C32H35F3O3/c1-3-4-5-6-19-37-25-15-16-28(29(33)20-25)32(36)38-24-13-11-23(12-14-24)27-18-17-26(30(34)31(27)35)22-9-7-21(2)8-10-22/h11-18,20-22H,3-10,19H2,1-2H3. The fourth-order valence-corrected chi connectivity index (χ4v) is 5.01. The summed E-state index contributed by atoms with van der Waals surface area (Å²) >= 11 is 0. The number of hydrogen-bond donors (Lipinski definition) is 0. The van der Waals surface area contributed by atoms with Crippen LogP contribution in [0, 0.1) is 23.4 Å². The van der Waals surface area contributed by atoms with Crippen LogP contribution in [0.2, 0.25) is 0 Å². The van der Waals surface area contributed by atoms with Crippen LogP contribution in [0.5, 0.6) is 11.5 Å². The summed E-state index contributed by atoms with van der Waals surface area (Å²) in [5, 5.41) is 0. The van der Waals surface area contributed by atoms with Crippen molar-refractivity contribution in [3.8, 4) is 22.6 Å². The van der Waals surface area contributed by atoms with Gasteiger partial charge in [0.05, 0.1) is 12.2 Å². The van der Waals surface area contributed by atoms with E-state index in [2.05, 4.69) is 13.8 Å². The first-order chi connectivity index (χ1) is 18.4. The summed E-state index contributed by atoms with van der Waals surface area (Å²) in [5.74, 6) is -2.05. The van der Waals surface area contributed by atoms with Gasteiger partial charge in [0, 0.05) is 11.6 Å². The van der Waals surface area contributed by atoms with Crippen molar-refractivity contribution in [3.05, 3.63) is 83.2 Å². The first-order valence-electron chi connectivity index (χ1n) is 13.6. The van der Waals surface area contributed by atoms with Crippen molar-refractivity contribution in [3.63, 3.8) is 0 Å². The summed E-state index contributed by atoms with van der Waals surface area (Å²) in [6, 6.07) is 13.4. The maximum absolute atomic E-state index is 15.0. The van der Waals surface area contributed by atoms with E-state index >= 15 is 4.39 Å². The van der Waals surface area contributed by atoms with Crippen LogP contribution in [0.3, 0.4) is 0 Å². The SMILES string of the molecule is CCCCCCOc1ccc(C(=O)Oc2ccc(-c3ccc(C4CCC(C)CC4)c(F)c3F)cc2)c(F)c1. The van der Waals surface area contributed by atoms with Crippen molar-refractivity contribution in [2.24, 2.45) is 5.92 Å². The molecule has 0 aromatic heterocycles. The first kappa shape index (κ1) is 27.7. The molecule has 1 aliphatic rings. The van der Waals surface area contributed by atoms with E-state index in [0.29, 0.717) is 29.4 Å². The Morgan fingerprint density at radius 3 is 2.24 bits per heavy atom. The fraction of sp³-hybridized carbons (Fsp3) is 0.406. The quantitative estimate of drug-likeness (QED) is 0.151. The molecular weight excluding hydrogens is 489 g/mol. The zero-order valence-electron chi connectivity index (χ0n) is 22.1. The smallest absolute Gasteiger partial charge is 0.346 e. The third-order valence-electron chi connectivity index (χ3n) is 7.37. The molecule has 0 atom stereocenters. The Hall–Kier alpha value is -3.28. The molecular formula is C32H35F3O3. The van der Waals surface area contributed by atoms with Crippen molar-refractivity contribution in [2.45, 2.75) is 71.1 Å². The third-order valence-corrected chi connectivity index (χ3v) is 7.37. The van der Waals surface area contributed by atoms with Gasteiger partial charge in [-0.15, -0.1) is 0 Å². The molecule has 0 N–H and O–H groups in total. The highest BCUT2D eigenvalue weighted by Crippen LogP contribution is 2.39. The summed E-state index contributed by atoms with van der Waals surface area (Å²) in [6.45, 7) is 4.80. The van der Waals surface area contributed by atoms with Crippen LogP contribution < -0.4 is 9.47 Å². The molecule has 0 spiro atoms. The Kier molecular flexibility index (Phi) is 9.48. The predicted molar refractivity (Wildman–Crippen MR) is 143 cm³/mol. The lowest BCUT2D eigenvalue weighted by Gasteiger charge is -2.27. The maximum atomic E-state index is 15.0. The molecule has 0 radical (unpaired) electrons. The monoisotopic (exact) mass is 524 g/mol. The summed E-state index contributed by atoms with van der Waals surface area (Å²) < 4.78 is 55.4. The Morgan fingerprint density at radius 1 is 0.842 bits per heavy atom. The van der Waals surface area contributed by atoms with Gasteiger partial charge in [-0.25, -0.2) is 18.0 Å². The predicted octanol–water partition coefficient (Wildman–Crippen LogP) is 9.24. The van der Waals surface area contributed by atoms with Gasteiger partial charge in [-0.05, 0) is 66.5 Å². The van der Waals surface area contributed by atoms with Crippen LogP contribution in [0.4, 0.5) is 13.2 Å². The lowest BCUT2D eigenvalue weighted by Crippen LogP contribution is -2.13. The summed E-state index contributed by atoms with van der Waals surface area (Å²) in [5.41, 5.74) is 0.827.